The Morgan fingerprint density at radius 3 is 2.50 bits per heavy atom. The number of benzene rings is 1. The number of hydrogen-bond acceptors (Lipinski definition) is 3. The van der Waals surface area contributed by atoms with Gasteiger partial charge in [0, 0.05) is 44.4 Å². The third-order valence-corrected chi connectivity index (χ3v) is 4.78. The number of alkyl halides is 1. The fourth-order valence-corrected chi connectivity index (χ4v) is 3.11. The Morgan fingerprint density at radius 1 is 1.15 bits per heavy atom. The van der Waals surface area contributed by atoms with Crippen LogP contribution in [-0.4, -0.2) is 40.5 Å². The summed E-state index contributed by atoms with van der Waals surface area (Å²) in [6.45, 7) is 2.49. The smallest absolute Gasteiger partial charge is 0.258 e. The molecule has 5 nitrogen and oxygen atoms in total. The topological polar surface area (TPSA) is 62.3 Å². The molecule has 0 aliphatic carbocycles. The van der Waals surface area contributed by atoms with Crippen molar-refractivity contribution in [3.05, 3.63) is 65.5 Å². The van der Waals surface area contributed by atoms with Crippen LogP contribution in [-0.2, 0) is 11.3 Å². The van der Waals surface area contributed by atoms with Crippen LogP contribution in [0.5, 0.6) is 0 Å². The number of pyridine rings is 1. The van der Waals surface area contributed by atoms with E-state index in [1.54, 1.807) is 30.2 Å². The van der Waals surface area contributed by atoms with Crippen LogP contribution in [0.4, 0.5) is 4.39 Å². The fourth-order valence-electron chi connectivity index (χ4n) is 3.11. The van der Waals surface area contributed by atoms with Crippen LogP contribution in [0.1, 0.15) is 34.5 Å². The Kier molecular flexibility index (Phi) is 5.30. The molecule has 2 amide bonds. The molecule has 0 atom stereocenters. The molecule has 0 bridgehead atoms. The normalized spacial score (nSPS) is 16.2. The predicted molar refractivity (Wildman–Crippen MR) is 96.2 cm³/mol. The molecule has 6 heteroatoms. The second-order valence-electron chi connectivity index (χ2n) is 6.56. The molecule has 1 fully saturated rings. The van der Waals surface area contributed by atoms with Crippen LogP contribution >= 0.6 is 0 Å². The molecule has 1 saturated heterocycles. The summed E-state index contributed by atoms with van der Waals surface area (Å²) in [4.78, 5) is 30.6. The molecule has 1 aliphatic rings. The highest BCUT2D eigenvalue weighted by atomic mass is 19.1. The highest BCUT2D eigenvalue weighted by Crippen LogP contribution is 2.28. The monoisotopic (exact) mass is 355 g/mol. The molecule has 1 aromatic heterocycles. The van der Waals surface area contributed by atoms with Gasteiger partial charge in [-0.25, -0.2) is 4.39 Å². The number of nitrogens with zero attached hydrogens (tertiary/aromatic N) is 2. The molecule has 0 spiro atoms. The zero-order chi connectivity index (χ0) is 18.6. The van der Waals surface area contributed by atoms with E-state index in [-0.39, 0.29) is 31.8 Å². The van der Waals surface area contributed by atoms with Crippen molar-refractivity contribution < 1.29 is 14.0 Å². The lowest BCUT2D eigenvalue weighted by Crippen LogP contribution is -2.52. The summed E-state index contributed by atoms with van der Waals surface area (Å²) < 4.78 is 15.0. The lowest BCUT2D eigenvalue weighted by Gasteiger charge is -2.35. The summed E-state index contributed by atoms with van der Waals surface area (Å²) >= 11 is 0. The van der Waals surface area contributed by atoms with Gasteiger partial charge in [0.1, 0.15) is 0 Å². The van der Waals surface area contributed by atoms with Crippen LogP contribution in [0, 0.1) is 6.92 Å². The molecule has 2 heterocycles. The molecule has 0 saturated carbocycles. The van der Waals surface area contributed by atoms with Crippen LogP contribution in [0.3, 0.4) is 0 Å². The summed E-state index contributed by atoms with van der Waals surface area (Å²) in [5, 5.41) is 2.67. The Bertz CT molecular complexity index is 787. The molecule has 26 heavy (non-hydrogen) atoms. The molecule has 1 aliphatic heterocycles. The number of aryl methyl sites for hydroxylation is 1. The van der Waals surface area contributed by atoms with Gasteiger partial charge in [0.05, 0.1) is 5.56 Å². The van der Waals surface area contributed by atoms with Gasteiger partial charge < -0.3 is 10.2 Å². The zero-order valence-electron chi connectivity index (χ0n) is 14.7. The number of amides is 2. The van der Waals surface area contributed by atoms with Gasteiger partial charge in [0.2, 0.25) is 0 Å². The second kappa shape index (κ2) is 7.64. The van der Waals surface area contributed by atoms with E-state index in [2.05, 4.69) is 10.3 Å². The van der Waals surface area contributed by atoms with E-state index in [4.69, 9.17) is 0 Å². The molecule has 1 aromatic carbocycles. The minimum atomic E-state index is -1.93. The number of aromatic nitrogens is 1. The zero-order valence-corrected chi connectivity index (χ0v) is 14.7. The number of nitrogens with one attached hydrogen (secondary N) is 1. The molecule has 136 valence electrons. The van der Waals surface area contributed by atoms with E-state index in [9.17, 15) is 9.59 Å². The van der Waals surface area contributed by atoms with Crippen molar-refractivity contribution in [3.8, 4) is 0 Å². The summed E-state index contributed by atoms with van der Waals surface area (Å²) in [5.74, 6) is -0.770. The first-order valence-corrected chi connectivity index (χ1v) is 8.72. The molecular formula is C20H22FN3O2. The van der Waals surface area contributed by atoms with Crippen molar-refractivity contribution in [2.24, 2.45) is 0 Å². The van der Waals surface area contributed by atoms with Crippen molar-refractivity contribution in [1.82, 2.24) is 15.2 Å². The minimum Gasteiger partial charge on any atom is -0.349 e. The van der Waals surface area contributed by atoms with Gasteiger partial charge in [-0.05, 0) is 24.6 Å². The van der Waals surface area contributed by atoms with E-state index in [0.717, 1.165) is 5.56 Å². The van der Waals surface area contributed by atoms with Gasteiger partial charge >= 0.3 is 0 Å². The van der Waals surface area contributed by atoms with E-state index >= 15 is 4.39 Å². The second-order valence-corrected chi connectivity index (χ2v) is 6.56. The Labute approximate surface area is 152 Å². The Hall–Kier alpha value is -2.76. The van der Waals surface area contributed by atoms with Gasteiger partial charge in [0.25, 0.3) is 11.8 Å². The van der Waals surface area contributed by atoms with E-state index in [1.807, 2.05) is 30.3 Å². The lowest BCUT2D eigenvalue weighted by molar-refractivity contribution is -0.135. The molecule has 0 radical (unpaired) electrons. The number of halogens is 1. The van der Waals surface area contributed by atoms with Crippen LogP contribution < -0.4 is 5.32 Å². The fraction of sp³-hybridized carbons (Fsp3) is 0.350. The van der Waals surface area contributed by atoms with E-state index in [0.29, 0.717) is 17.8 Å². The third-order valence-electron chi connectivity index (χ3n) is 4.78. The molecular weight excluding hydrogens is 333 g/mol. The maximum atomic E-state index is 15.0. The van der Waals surface area contributed by atoms with Crippen LogP contribution in [0.25, 0.3) is 0 Å². The number of likely N-dealkylation sites (tertiary alicyclic amines) is 1. The van der Waals surface area contributed by atoms with Gasteiger partial charge in [-0.3, -0.25) is 14.6 Å². The standard InChI is InChI=1S/C20H22FN3O2/c1-15-17(8-5-11-22-15)18(25)24-12-9-20(21,10-13-24)19(26)23-14-16-6-3-2-4-7-16/h2-8,11H,9-10,12-14H2,1H3,(H,23,26). The highest BCUT2D eigenvalue weighted by molar-refractivity contribution is 5.95. The lowest BCUT2D eigenvalue weighted by atomic mass is 9.91. The highest BCUT2D eigenvalue weighted by Gasteiger charge is 2.42. The predicted octanol–water partition coefficient (Wildman–Crippen LogP) is 2.65. The number of carbonyl (C=O) groups is 2. The summed E-state index contributed by atoms with van der Waals surface area (Å²) in [6.07, 6.45) is 1.63. The van der Waals surface area contributed by atoms with Crippen molar-refractivity contribution in [2.45, 2.75) is 32.0 Å². The molecule has 0 unspecified atom stereocenters. The van der Waals surface area contributed by atoms with Crippen LogP contribution in [0.15, 0.2) is 48.7 Å². The van der Waals surface area contributed by atoms with Crippen molar-refractivity contribution >= 4 is 11.8 Å². The Morgan fingerprint density at radius 2 is 1.85 bits per heavy atom. The maximum absolute atomic E-state index is 15.0. The average molecular weight is 355 g/mol. The summed E-state index contributed by atoms with van der Waals surface area (Å²) in [6, 6.07) is 12.8. The van der Waals surface area contributed by atoms with Gasteiger partial charge in [-0.2, -0.15) is 0 Å². The first-order chi connectivity index (χ1) is 12.5. The SMILES string of the molecule is Cc1ncccc1C(=O)N1CCC(F)(C(=O)NCc2ccccc2)CC1. The van der Waals surface area contributed by atoms with Crippen molar-refractivity contribution in [3.63, 3.8) is 0 Å². The first kappa shape index (κ1) is 18.0. The first-order valence-electron chi connectivity index (χ1n) is 8.72. The number of rotatable bonds is 4. The van der Waals surface area contributed by atoms with Gasteiger partial charge in [-0.15, -0.1) is 0 Å². The van der Waals surface area contributed by atoms with Gasteiger partial charge in [0.15, 0.2) is 5.67 Å². The quantitative estimate of drug-likeness (QED) is 0.917. The summed E-state index contributed by atoms with van der Waals surface area (Å²) in [5.41, 5.74) is 0.155. The number of carbonyl (C=O) groups excluding carboxylic acids is 2. The largest absolute Gasteiger partial charge is 0.349 e. The van der Waals surface area contributed by atoms with E-state index in [1.165, 1.54) is 0 Å². The van der Waals surface area contributed by atoms with Crippen LogP contribution in [0.2, 0.25) is 0 Å². The molecule has 1 N–H and O–H groups in total. The van der Waals surface area contributed by atoms with Crippen molar-refractivity contribution in [2.75, 3.05) is 13.1 Å². The van der Waals surface area contributed by atoms with Gasteiger partial charge in [-0.1, -0.05) is 30.3 Å². The molecule has 2 aromatic rings. The summed E-state index contributed by atoms with van der Waals surface area (Å²) in [7, 11) is 0. The average Bonchev–Trinajstić information content (AvgIpc) is 2.67. The Balaban J connectivity index is 1.57. The maximum Gasteiger partial charge on any atom is 0.258 e. The minimum absolute atomic E-state index is 0.00132. The third kappa shape index (κ3) is 3.90. The molecule has 3 rings (SSSR count). The number of hydrogen-bond donors (Lipinski definition) is 1. The van der Waals surface area contributed by atoms with E-state index < -0.39 is 11.6 Å². The number of piperidine rings is 1. The van der Waals surface area contributed by atoms with Crippen molar-refractivity contribution in [1.29, 1.82) is 0 Å².